The van der Waals surface area contributed by atoms with Crippen LogP contribution in [0.1, 0.15) is 19.4 Å². The van der Waals surface area contributed by atoms with Crippen LogP contribution < -0.4 is 0 Å². The second-order valence-electron chi connectivity index (χ2n) is 7.91. The van der Waals surface area contributed by atoms with Crippen LogP contribution in [0, 0.1) is 0 Å². The Hall–Kier alpha value is -2.32. The Kier molecular flexibility index (Phi) is 5.86. The molecule has 0 aliphatic carbocycles. The molecule has 0 amide bonds. The van der Waals surface area contributed by atoms with E-state index in [2.05, 4.69) is 34.7 Å². The van der Waals surface area contributed by atoms with E-state index in [9.17, 15) is 4.79 Å². The van der Waals surface area contributed by atoms with Gasteiger partial charge in [0.05, 0.1) is 11.9 Å². The van der Waals surface area contributed by atoms with Crippen molar-refractivity contribution in [3.05, 3.63) is 31.0 Å². The van der Waals surface area contributed by atoms with Crippen LogP contribution in [-0.2, 0) is 16.3 Å². The van der Waals surface area contributed by atoms with Gasteiger partial charge in [0.15, 0.2) is 0 Å². The maximum Gasteiger partial charge on any atom is 0.145 e. The van der Waals surface area contributed by atoms with E-state index in [1.807, 2.05) is 30.0 Å². The third-order valence-corrected chi connectivity index (χ3v) is 6.28. The zero-order valence-electron chi connectivity index (χ0n) is 16.4. The molecule has 3 aromatic heterocycles. The predicted molar refractivity (Wildman–Crippen MR) is 108 cm³/mol. The van der Waals surface area contributed by atoms with E-state index in [-0.39, 0.29) is 6.04 Å². The fourth-order valence-corrected chi connectivity index (χ4v) is 3.62. The summed E-state index contributed by atoms with van der Waals surface area (Å²) in [5.41, 5.74) is 2.52. The number of aromatic nitrogens is 5. The van der Waals surface area contributed by atoms with Crippen LogP contribution in [0.3, 0.4) is 0 Å². The molecule has 144 valence electrons. The molecule has 1 unspecified atom stereocenters. The number of hydrogen-bond acceptors (Lipinski definition) is 5. The van der Waals surface area contributed by atoms with Crippen LogP contribution in [0.5, 0.6) is 0 Å². The first-order chi connectivity index (χ1) is 12.9. The van der Waals surface area contributed by atoms with E-state index in [4.69, 9.17) is 4.74 Å². The number of aldehydes is 1. The van der Waals surface area contributed by atoms with E-state index in [0.717, 1.165) is 41.2 Å². The first-order valence-corrected chi connectivity index (χ1v) is 13.0. The molecule has 7 nitrogen and oxygen atoms in total. The fraction of sp³-hybridized carbons (Fsp3) is 0.474. The minimum atomic E-state index is -1.09. The molecule has 0 fully saturated rings. The number of hydrogen-bond donors (Lipinski definition) is 0. The Labute approximate surface area is 160 Å². The van der Waals surface area contributed by atoms with Crippen molar-refractivity contribution in [2.75, 3.05) is 6.61 Å². The largest absolute Gasteiger partial charge is 0.361 e. The molecule has 3 rings (SSSR count). The van der Waals surface area contributed by atoms with E-state index in [1.54, 1.807) is 17.2 Å². The highest BCUT2D eigenvalue weighted by atomic mass is 28.3. The van der Waals surface area contributed by atoms with Crippen molar-refractivity contribution in [2.45, 2.75) is 51.8 Å². The minimum Gasteiger partial charge on any atom is -0.361 e. The summed E-state index contributed by atoms with van der Waals surface area (Å²) in [5, 5.41) is 5.28. The van der Waals surface area contributed by atoms with Crippen LogP contribution in [0.4, 0.5) is 0 Å². The molecule has 0 aromatic carbocycles. The van der Waals surface area contributed by atoms with E-state index in [1.165, 1.54) is 0 Å². The number of carbonyl (C=O) groups is 1. The molecule has 3 aromatic rings. The highest BCUT2D eigenvalue weighted by Gasteiger charge is 2.15. The number of ether oxygens (including phenoxy) is 1. The summed E-state index contributed by atoms with van der Waals surface area (Å²) >= 11 is 0. The van der Waals surface area contributed by atoms with Crippen molar-refractivity contribution in [2.24, 2.45) is 0 Å². The van der Waals surface area contributed by atoms with Gasteiger partial charge in [-0.2, -0.15) is 5.10 Å². The Morgan fingerprint density at radius 1 is 1.30 bits per heavy atom. The molecule has 8 heteroatoms. The predicted octanol–water partition coefficient (Wildman–Crippen LogP) is 3.76. The summed E-state index contributed by atoms with van der Waals surface area (Å²) in [5.74, 6) is 0. The molecule has 0 spiro atoms. The highest BCUT2D eigenvalue weighted by Crippen LogP contribution is 2.26. The zero-order chi connectivity index (χ0) is 19.4. The molecule has 27 heavy (non-hydrogen) atoms. The molecule has 1 atom stereocenters. The standard InChI is InChI=1S/C19H27N5O2Si/c1-5-16(12-25)24-11-15(10-22-24)18-17-6-7-23(19(17)21-13-20-18)14-26-8-9-27(2,3)4/h6-7,10-13,16H,5,8-9,14H2,1-4H3. The molecule has 0 aliphatic rings. The molecule has 0 aliphatic heterocycles. The molecule has 0 saturated carbocycles. The van der Waals surface area contributed by atoms with Crippen LogP contribution in [-0.4, -0.2) is 45.3 Å². The van der Waals surface area contributed by atoms with Crippen molar-refractivity contribution in [3.8, 4) is 11.3 Å². The summed E-state index contributed by atoms with van der Waals surface area (Å²) in [6, 6.07) is 2.89. The van der Waals surface area contributed by atoms with Gasteiger partial charge < -0.3 is 14.1 Å². The van der Waals surface area contributed by atoms with Crippen LogP contribution in [0.25, 0.3) is 22.3 Å². The molecule has 0 radical (unpaired) electrons. The second-order valence-corrected chi connectivity index (χ2v) is 13.5. The lowest BCUT2D eigenvalue weighted by Gasteiger charge is -2.15. The number of fused-ring (bicyclic) bond motifs is 1. The Bertz CT molecular complexity index is 912. The van der Waals surface area contributed by atoms with Crippen molar-refractivity contribution in [3.63, 3.8) is 0 Å². The van der Waals surface area contributed by atoms with Crippen molar-refractivity contribution < 1.29 is 9.53 Å². The van der Waals surface area contributed by atoms with Gasteiger partial charge in [0.2, 0.25) is 0 Å². The number of nitrogens with zero attached hydrogens (tertiary/aromatic N) is 5. The SMILES string of the molecule is CCC(C=O)n1cc(-c2ncnc3c2ccn3COCC[Si](C)(C)C)cn1. The topological polar surface area (TPSA) is 74.8 Å². The van der Waals surface area contributed by atoms with Gasteiger partial charge in [0, 0.05) is 38.0 Å². The van der Waals surface area contributed by atoms with Gasteiger partial charge in [-0.3, -0.25) is 4.68 Å². The van der Waals surface area contributed by atoms with Crippen LogP contribution in [0.15, 0.2) is 31.0 Å². The van der Waals surface area contributed by atoms with Crippen molar-refractivity contribution in [1.29, 1.82) is 0 Å². The van der Waals surface area contributed by atoms with E-state index in [0.29, 0.717) is 13.2 Å². The summed E-state index contributed by atoms with van der Waals surface area (Å²) in [6.07, 6.45) is 8.77. The normalized spacial score (nSPS) is 13.2. The molecule has 3 heterocycles. The zero-order valence-corrected chi connectivity index (χ0v) is 17.4. The molecular weight excluding hydrogens is 358 g/mol. The van der Waals surface area contributed by atoms with Gasteiger partial charge in [0.1, 0.15) is 31.0 Å². The van der Waals surface area contributed by atoms with Gasteiger partial charge in [-0.05, 0) is 18.5 Å². The minimum absolute atomic E-state index is 0.250. The maximum atomic E-state index is 11.2. The van der Waals surface area contributed by atoms with E-state index >= 15 is 0 Å². The quantitative estimate of drug-likeness (QED) is 0.318. The molecule has 0 bridgehead atoms. The monoisotopic (exact) mass is 385 g/mol. The van der Waals surface area contributed by atoms with Crippen LogP contribution in [0.2, 0.25) is 25.7 Å². The lowest BCUT2D eigenvalue weighted by Crippen LogP contribution is -2.22. The lowest BCUT2D eigenvalue weighted by molar-refractivity contribution is -0.110. The first-order valence-electron chi connectivity index (χ1n) is 9.30. The molecule has 0 saturated heterocycles. The third-order valence-electron chi connectivity index (χ3n) is 4.57. The van der Waals surface area contributed by atoms with Gasteiger partial charge in [-0.1, -0.05) is 26.6 Å². The van der Waals surface area contributed by atoms with E-state index < -0.39 is 8.07 Å². The Morgan fingerprint density at radius 3 is 2.81 bits per heavy atom. The number of rotatable bonds is 9. The Morgan fingerprint density at radius 2 is 2.11 bits per heavy atom. The van der Waals surface area contributed by atoms with Gasteiger partial charge in [0.25, 0.3) is 0 Å². The molecule has 0 N–H and O–H groups in total. The van der Waals surface area contributed by atoms with Crippen molar-refractivity contribution in [1.82, 2.24) is 24.3 Å². The average Bonchev–Trinajstić information content (AvgIpc) is 3.26. The summed E-state index contributed by atoms with van der Waals surface area (Å²) in [6.45, 7) is 10.2. The smallest absolute Gasteiger partial charge is 0.145 e. The summed E-state index contributed by atoms with van der Waals surface area (Å²) in [7, 11) is -1.09. The summed E-state index contributed by atoms with van der Waals surface area (Å²) < 4.78 is 9.54. The number of carbonyl (C=O) groups excluding carboxylic acids is 1. The first kappa shape index (κ1) is 19.4. The lowest BCUT2D eigenvalue weighted by atomic mass is 10.2. The fourth-order valence-electron chi connectivity index (χ4n) is 2.87. The maximum absolute atomic E-state index is 11.2. The van der Waals surface area contributed by atoms with Gasteiger partial charge >= 0.3 is 0 Å². The summed E-state index contributed by atoms with van der Waals surface area (Å²) in [4.78, 5) is 20.1. The van der Waals surface area contributed by atoms with Gasteiger partial charge in [-0.25, -0.2) is 9.97 Å². The Balaban J connectivity index is 1.80. The average molecular weight is 386 g/mol. The highest BCUT2D eigenvalue weighted by molar-refractivity contribution is 6.76. The second kappa shape index (κ2) is 8.14. The van der Waals surface area contributed by atoms with Gasteiger partial charge in [-0.15, -0.1) is 0 Å². The third kappa shape index (κ3) is 4.51. The van der Waals surface area contributed by atoms with Crippen LogP contribution >= 0.6 is 0 Å². The van der Waals surface area contributed by atoms with Crippen molar-refractivity contribution >= 4 is 25.4 Å². The molecular formula is C19H27N5O2Si.